The lowest BCUT2D eigenvalue weighted by Gasteiger charge is -2.27. The number of nitrogens with zero attached hydrogens (tertiary/aromatic N) is 3. The molecule has 0 bridgehead atoms. The van der Waals surface area contributed by atoms with Crippen molar-refractivity contribution in [1.29, 1.82) is 0 Å². The summed E-state index contributed by atoms with van der Waals surface area (Å²) in [6.45, 7) is 15.3. The number of fused-ring (bicyclic) bond motifs is 3. The van der Waals surface area contributed by atoms with E-state index in [2.05, 4.69) is 30.2 Å². The summed E-state index contributed by atoms with van der Waals surface area (Å²) >= 11 is 18.5. The number of ether oxygens (including phenoxy) is 10. The summed E-state index contributed by atoms with van der Waals surface area (Å²) in [5.74, 6) is -4.09. The second-order valence-corrected chi connectivity index (χ2v) is 32.9. The zero-order valence-electron chi connectivity index (χ0n) is 71.9. The van der Waals surface area contributed by atoms with E-state index >= 15 is 0 Å². The molecule has 730 valence electrons. The molecular formula is C98H116Cl3F9N6O18. The van der Waals surface area contributed by atoms with Crippen molar-refractivity contribution in [2.24, 2.45) is 17.8 Å². The number of nitrogens with one attached hydrogen (secondary N) is 3. The van der Waals surface area contributed by atoms with Gasteiger partial charge in [0, 0.05) is 112 Å². The molecule has 9 aromatic rings. The largest absolute Gasteiger partial charge is 0.573 e. The smallest absolute Gasteiger partial charge is 0.497 e. The first-order chi connectivity index (χ1) is 60.8. The molecule has 9 aromatic carbocycles. The summed E-state index contributed by atoms with van der Waals surface area (Å²) < 4.78 is 168. The third kappa shape index (κ3) is 32.0. The van der Waals surface area contributed by atoms with Gasteiger partial charge in [-0.25, -0.2) is 0 Å². The Balaban J connectivity index is 0.000000349. The third-order valence-corrected chi connectivity index (χ3v) is 21.4. The Morgan fingerprint density at radius 2 is 0.754 bits per heavy atom. The molecule has 3 aliphatic rings. The van der Waals surface area contributed by atoms with Gasteiger partial charge in [0.15, 0.2) is 0 Å². The van der Waals surface area contributed by atoms with Crippen molar-refractivity contribution in [3.63, 3.8) is 0 Å². The summed E-state index contributed by atoms with van der Waals surface area (Å²) in [5, 5.41) is 29.4. The summed E-state index contributed by atoms with van der Waals surface area (Å²) in [6, 6.07) is 41.2. The molecule has 3 aliphatic heterocycles. The number of anilines is 6. The number of carbonyl (C=O) groups is 6. The van der Waals surface area contributed by atoms with Crippen LogP contribution >= 0.6 is 34.8 Å². The highest BCUT2D eigenvalue weighted by Crippen LogP contribution is 2.43. The summed E-state index contributed by atoms with van der Waals surface area (Å²) in [4.78, 5) is 81.4. The maximum absolute atomic E-state index is 14.3. The zero-order valence-corrected chi connectivity index (χ0v) is 74.2. The van der Waals surface area contributed by atoms with E-state index in [0.717, 1.165) is 27.8 Å². The van der Waals surface area contributed by atoms with Crippen LogP contribution in [0.1, 0.15) is 160 Å². The minimum Gasteiger partial charge on any atom is -0.497 e. The summed E-state index contributed by atoms with van der Waals surface area (Å²) in [5.41, 5.74) is 8.03. The number of aliphatic carboxylic acids is 2. The third-order valence-electron chi connectivity index (χ3n) is 20.7. The van der Waals surface area contributed by atoms with E-state index in [4.69, 9.17) is 78.2 Å². The van der Waals surface area contributed by atoms with Crippen molar-refractivity contribution in [3.8, 4) is 46.0 Å². The molecule has 5 N–H and O–H groups in total. The molecule has 36 heteroatoms. The zero-order chi connectivity index (χ0) is 94.1. The predicted molar refractivity (Wildman–Crippen MR) is 502 cm³/mol. The number of alkyl halides is 9. The van der Waals surface area contributed by atoms with Gasteiger partial charge in [-0.1, -0.05) is 128 Å². The average molecular weight is 1940 g/mol. The highest BCUT2D eigenvalue weighted by molar-refractivity contribution is 6.31. The first-order valence-corrected chi connectivity index (χ1v) is 41.7. The molecule has 6 atom stereocenters. The minimum atomic E-state index is -4.87. The van der Waals surface area contributed by atoms with E-state index in [-0.39, 0.29) is 113 Å². The molecule has 24 nitrogen and oxygen atoms in total. The van der Waals surface area contributed by atoms with Crippen LogP contribution in [-0.2, 0) is 64.1 Å². The molecule has 3 amide bonds. The maximum Gasteiger partial charge on any atom is 0.573 e. The second kappa shape index (κ2) is 49.2. The fourth-order valence-corrected chi connectivity index (χ4v) is 14.7. The van der Waals surface area contributed by atoms with Gasteiger partial charge >= 0.3 is 37.0 Å². The number of esters is 1. The van der Waals surface area contributed by atoms with E-state index in [9.17, 15) is 68.3 Å². The molecule has 0 spiro atoms. The fraction of sp³-hybridized carbons (Fsp3) is 0.388. The lowest BCUT2D eigenvalue weighted by atomic mass is 9.99. The van der Waals surface area contributed by atoms with Crippen molar-refractivity contribution in [2.75, 3.05) is 91.4 Å². The van der Waals surface area contributed by atoms with Gasteiger partial charge < -0.3 is 88.2 Å². The van der Waals surface area contributed by atoms with Gasteiger partial charge in [0.1, 0.15) is 69.7 Å². The molecule has 0 saturated carbocycles. The van der Waals surface area contributed by atoms with E-state index in [1.165, 1.54) is 90.6 Å². The van der Waals surface area contributed by atoms with Crippen molar-refractivity contribution < 1.29 is 126 Å². The molecule has 12 rings (SSSR count). The van der Waals surface area contributed by atoms with Gasteiger partial charge in [0.25, 0.3) is 17.7 Å². The highest BCUT2D eigenvalue weighted by Gasteiger charge is 2.40. The number of rotatable bonds is 33. The fourth-order valence-electron chi connectivity index (χ4n) is 14.2. The van der Waals surface area contributed by atoms with Crippen LogP contribution < -0.4 is 68.5 Å². The Bertz CT molecular complexity index is 5490. The van der Waals surface area contributed by atoms with Crippen LogP contribution in [0.25, 0.3) is 0 Å². The molecular weight excluding hydrogens is 1830 g/mol. The van der Waals surface area contributed by atoms with Crippen LogP contribution in [0, 0.1) is 31.6 Å². The van der Waals surface area contributed by atoms with Crippen molar-refractivity contribution >= 4 is 105 Å². The number of hydrogen-bond donors (Lipinski definition) is 5. The summed E-state index contributed by atoms with van der Waals surface area (Å²) in [6.07, 6.45) is -12.5. The number of methoxy groups -OCH3 is 3. The Morgan fingerprint density at radius 1 is 0.410 bits per heavy atom. The number of aryl methyl sites for hydroxylation is 2. The number of carboxylic acids is 2. The van der Waals surface area contributed by atoms with Crippen LogP contribution in [0.4, 0.5) is 73.6 Å². The number of halogens is 12. The first-order valence-electron chi connectivity index (χ1n) is 40.6. The number of carboxylic acid groups (broad SMARTS) is 2. The molecule has 0 aromatic heterocycles. The Labute approximate surface area is 790 Å². The number of hydrogen-bond acceptors (Lipinski definition) is 19. The lowest BCUT2D eigenvalue weighted by molar-refractivity contribution is -0.275. The van der Waals surface area contributed by atoms with Crippen LogP contribution in [0.3, 0.4) is 0 Å². The molecule has 0 radical (unpaired) electrons. The van der Waals surface area contributed by atoms with E-state index in [1.54, 1.807) is 136 Å². The van der Waals surface area contributed by atoms with Gasteiger partial charge in [-0.15, -0.1) is 39.5 Å². The van der Waals surface area contributed by atoms with Crippen molar-refractivity contribution in [3.05, 3.63) is 235 Å². The monoisotopic (exact) mass is 1940 g/mol. The van der Waals surface area contributed by atoms with E-state index in [0.29, 0.717) is 126 Å². The number of carbonyl (C=O) groups excluding carboxylic acids is 4. The van der Waals surface area contributed by atoms with Crippen LogP contribution in [0.5, 0.6) is 46.0 Å². The van der Waals surface area contributed by atoms with Crippen LogP contribution in [0.2, 0.25) is 15.1 Å². The van der Waals surface area contributed by atoms with Gasteiger partial charge in [0.05, 0.1) is 82.6 Å². The highest BCUT2D eigenvalue weighted by atomic mass is 35.5. The van der Waals surface area contributed by atoms with E-state index < -0.39 is 89.7 Å². The van der Waals surface area contributed by atoms with Gasteiger partial charge in [0.2, 0.25) is 0 Å². The number of amides is 3. The lowest BCUT2D eigenvalue weighted by Crippen LogP contribution is -2.37. The maximum atomic E-state index is 14.3. The van der Waals surface area contributed by atoms with Gasteiger partial charge in [-0.05, 0) is 190 Å². The SMILES string of the molecule is C.C.C.C.C.COc1cc(COCC(C)C(=O)O)cc(NC(C(=O)N2CCc3ccc(OC(F)(F)F)cc32)c2ccc(Cl)cc2C)c1.COc1cc(NC(C(=O)N2CCc3ccc(OC(F)(F)F)cc32)c2ccc(Cl)cc2)cc(OCCC(C)C(=O)O)c1.COc1cc(NC(C(=O)N2CCc3ccc(OC(F)(F)F)cc32)c2ccc(Cl)cc2C)cc(OCCC(C)C(=O)OC(C)(C)C)c1. The topological polar surface area (TPSA) is 281 Å². The van der Waals surface area contributed by atoms with Crippen molar-refractivity contribution in [1.82, 2.24) is 0 Å². The summed E-state index contributed by atoms with van der Waals surface area (Å²) in [7, 11) is 4.46. The molecule has 0 fully saturated rings. The molecule has 0 saturated heterocycles. The quantitative estimate of drug-likeness (QED) is 0.0189. The molecule has 6 unspecified atom stereocenters. The average Bonchev–Trinajstić information content (AvgIpc) is 1.52. The minimum absolute atomic E-state index is 0. The van der Waals surface area contributed by atoms with Crippen molar-refractivity contribution in [2.45, 2.75) is 174 Å². The normalized spacial score (nSPS) is 13.7. The Hall–Kier alpha value is -12.2. The Kier molecular flexibility index (Phi) is 41.2. The second-order valence-electron chi connectivity index (χ2n) is 31.6. The molecule has 134 heavy (non-hydrogen) atoms. The van der Waals surface area contributed by atoms with E-state index in [1.807, 2.05) is 34.6 Å². The number of benzene rings is 9. The first kappa shape index (κ1) is 112. The van der Waals surface area contributed by atoms with Crippen LogP contribution in [0.15, 0.2) is 170 Å². The van der Waals surface area contributed by atoms with Crippen LogP contribution in [-0.4, -0.2) is 131 Å². The molecule has 0 aliphatic carbocycles. The molecule has 3 heterocycles. The predicted octanol–water partition coefficient (Wildman–Crippen LogP) is 24.2. The standard InChI is InChI=1S/C34H38ClF3N2O6.C30H30ClF3N2O6.C29H28ClF3N2O6.5CH4/c1-20(32(42)46-33(3,4)5)12-14-44-27-17-24(16-26(18-27)43-6)39-30(28-10-8-23(35)15-21(28)2)31(41)40-13-11-22-7-9-25(19-29(22)40)45-34(36,37)38;1-17-10-21(31)5-7-25(17)27(28(37)36-9-8-20-4-6-23(14-26(20)36)42-30(32,33)34)35-22-11-19(12-24(13-22)40-3)16-41-15-18(2)29(38)39;1-17(28(37)38)10-12-40-24-14-21(13-23(15-24)39-2)34-26(19-3-6-20(30)7-4-19)27(36)35-11-9-18-5-8-22(16-25(18)35)41-29(31,32)33;;;;;/h7-10,15-20,30,39H,11-14H2,1-6H3;4-7,10-14,18,27,35H,8-9,15-16H2,1-3H3,(H,38,39);3-8,13-17,26,34H,9-12H2,1-2H3,(H,37,38);5*1H4. The Morgan fingerprint density at radius 3 is 1.11 bits per heavy atom. The van der Waals surface area contributed by atoms with Gasteiger partial charge in [-0.3, -0.25) is 28.8 Å². The van der Waals surface area contributed by atoms with Gasteiger partial charge in [-0.2, -0.15) is 0 Å².